The summed E-state index contributed by atoms with van der Waals surface area (Å²) in [4.78, 5) is 0. The first-order valence-corrected chi connectivity index (χ1v) is 4.08. The van der Waals surface area contributed by atoms with Crippen molar-refractivity contribution in [2.24, 2.45) is 5.92 Å². The van der Waals surface area contributed by atoms with Gasteiger partial charge in [0.25, 0.3) is 0 Å². The Bertz CT molecular complexity index is 89.3. The van der Waals surface area contributed by atoms with E-state index in [0.29, 0.717) is 6.61 Å². The van der Waals surface area contributed by atoms with E-state index in [1.54, 1.807) is 0 Å². The molecule has 0 aromatic rings. The Morgan fingerprint density at radius 1 is 1.60 bits per heavy atom. The van der Waals surface area contributed by atoms with E-state index in [4.69, 9.17) is 9.84 Å². The fraction of sp³-hybridized carbons (Fsp3) is 1.00. The molecule has 0 aliphatic heterocycles. The van der Waals surface area contributed by atoms with Crippen LogP contribution in [0.2, 0.25) is 0 Å². The molecule has 1 atom stereocenters. The third-order valence-corrected chi connectivity index (χ3v) is 1.83. The lowest BCUT2D eigenvalue weighted by Gasteiger charge is -2.07. The molecule has 0 spiro atoms. The molecule has 2 heteroatoms. The molecule has 60 valence electrons. The van der Waals surface area contributed by atoms with Gasteiger partial charge in [-0.1, -0.05) is 6.92 Å². The summed E-state index contributed by atoms with van der Waals surface area (Å²) in [7, 11) is 0. The van der Waals surface area contributed by atoms with Gasteiger partial charge in [0.2, 0.25) is 0 Å². The molecule has 1 unspecified atom stereocenters. The third kappa shape index (κ3) is 3.18. The van der Waals surface area contributed by atoms with Gasteiger partial charge in [0.05, 0.1) is 12.7 Å². The van der Waals surface area contributed by atoms with Gasteiger partial charge in [-0.25, -0.2) is 0 Å². The zero-order valence-corrected chi connectivity index (χ0v) is 6.55. The normalized spacial score (nSPS) is 21.0. The van der Waals surface area contributed by atoms with E-state index in [2.05, 4.69) is 0 Å². The molecular weight excluding hydrogens is 128 g/mol. The minimum atomic E-state index is -0.251. The molecule has 0 aromatic carbocycles. The van der Waals surface area contributed by atoms with Crippen molar-refractivity contribution < 1.29 is 9.84 Å². The Hall–Kier alpha value is -0.0800. The van der Waals surface area contributed by atoms with Gasteiger partial charge in [0.1, 0.15) is 0 Å². The second-order valence-corrected chi connectivity index (χ2v) is 3.04. The van der Waals surface area contributed by atoms with E-state index in [1.807, 2.05) is 6.92 Å². The first-order valence-electron chi connectivity index (χ1n) is 4.08. The summed E-state index contributed by atoms with van der Waals surface area (Å²) in [5.74, 6) is 0.809. The van der Waals surface area contributed by atoms with Crippen LogP contribution in [0, 0.1) is 5.92 Å². The van der Waals surface area contributed by atoms with Gasteiger partial charge in [-0.2, -0.15) is 0 Å². The van der Waals surface area contributed by atoms with Crippen molar-refractivity contribution in [2.45, 2.75) is 32.3 Å². The molecule has 0 saturated heterocycles. The van der Waals surface area contributed by atoms with Crippen LogP contribution >= 0.6 is 0 Å². The smallest absolute Gasteiger partial charge is 0.0771 e. The second-order valence-electron chi connectivity index (χ2n) is 3.04. The van der Waals surface area contributed by atoms with Crippen molar-refractivity contribution >= 4 is 0 Å². The molecule has 1 aliphatic carbocycles. The van der Waals surface area contributed by atoms with Gasteiger partial charge in [-0.05, 0) is 25.2 Å². The average molecular weight is 144 g/mol. The van der Waals surface area contributed by atoms with Crippen LogP contribution in [0.3, 0.4) is 0 Å². The summed E-state index contributed by atoms with van der Waals surface area (Å²) in [6.07, 6.45) is 3.19. The van der Waals surface area contributed by atoms with Crippen LogP contribution in [-0.2, 0) is 4.74 Å². The van der Waals surface area contributed by atoms with Crippen LogP contribution in [0.25, 0.3) is 0 Å². The molecule has 1 fully saturated rings. The van der Waals surface area contributed by atoms with Crippen LogP contribution in [-0.4, -0.2) is 24.4 Å². The summed E-state index contributed by atoms with van der Waals surface area (Å²) in [6, 6.07) is 0. The van der Waals surface area contributed by atoms with Gasteiger partial charge < -0.3 is 9.84 Å². The summed E-state index contributed by atoms with van der Waals surface area (Å²) in [5.41, 5.74) is 0. The Labute approximate surface area is 62.2 Å². The van der Waals surface area contributed by atoms with E-state index >= 15 is 0 Å². The van der Waals surface area contributed by atoms with Gasteiger partial charge in [0, 0.05) is 6.61 Å². The minimum Gasteiger partial charge on any atom is -0.391 e. The maximum absolute atomic E-state index is 9.07. The van der Waals surface area contributed by atoms with Crippen molar-refractivity contribution in [3.63, 3.8) is 0 Å². The lowest BCUT2D eigenvalue weighted by atomic mass is 10.3. The van der Waals surface area contributed by atoms with Crippen molar-refractivity contribution in [1.82, 2.24) is 0 Å². The van der Waals surface area contributed by atoms with Gasteiger partial charge in [-0.15, -0.1) is 0 Å². The third-order valence-electron chi connectivity index (χ3n) is 1.83. The minimum absolute atomic E-state index is 0.251. The highest BCUT2D eigenvalue weighted by molar-refractivity contribution is 4.72. The number of aliphatic hydroxyl groups excluding tert-OH is 1. The van der Waals surface area contributed by atoms with E-state index in [-0.39, 0.29) is 6.10 Å². The number of hydrogen-bond acceptors (Lipinski definition) is 2. The number of rotatable bonds is 5. The van der Waals surface area contributed by atoms with Gasteiger partial charge >= 0.3 is 0 Å². The maximum atomic E-state index is 9.07. The summed E-state index contributed by atoms with van der Waals surface area (Å²) in [5, 5.41) is 9.07. The van der Waals surface area contributed by atoms with Crippen molar-refractivity contribution in [3.05, 3.63) is 0 Å². The highest BCUT2D eigenvalue weighted by atomic mass is 16.5. The highest BCUT2D eigenvalue weighted by Crippen LogP contribution is 2.28. The first-order chi connectivity index (χ1) is 4.83. The standard InChI is InChI=1S/C8H16O2/c1-2-8(9)6-10-5-7-3-4-7/h7-9H,2-6H2,1H3. The monoisotopic (exact) mass is 144 g/mol. The molecule has 0 aromatic heterocycles. The summed E-state index contributed by atoms with van der Waals surface area (Å²) < 4.78 is 5.26. The van der Waals surface area contributed by atoms with E-state index < -0.39 is 0 Å². The van der Waals surface area contributed by atoms with Crippen LogP contribution in [0.4, 0.5) is 0 Å². The average Bonchev–Trinajstić information content (AvgIpc) is 2.71. The Morgan fingerprint density at radius 2 is 2.30 bits per heavy atom. The SMILES string of the molecule is CCC(O)COCC1CC1. The highest BCUT2D eigenvalue weighted by Gasteiger charge is 2.21. The van der Waals surface area contributed by atoms with Crippen LogP contribution < -0.4 is 0 Å². The molecular formula is C8H16O2. The lowest BCUT2D eigenvalue weighted by molar-refractivity contribution is 0.0306. The molecule has 1 rings (SSSR count). The number of ether oxygens (including phenoxy) is 1. The van der Waals surface area contributed by atoms with Crippen molar-refractivity contribution in [1.29, 1.82) is 0 Å². The van der Waals surface area contributed by atoms with E-state index in [0.717, 1.165) is 18.9 Å². The van der Waals surface area contributed by atoms with Gasteiger partial charge in [0.15, 0.2) is 0 Å². The second kappa shape index (κ2) is 3.94. The largest absolute Gasteiger partial charge is 0.391 e. The van der Waals surface area contributed by atoms with Crippen molar-refractivity contribution in [3.8, 4) is 0 Å². The number of aliphatic hydroxyl groups is 1. The van der Waals surface area contributed by atoms with Crippen LogP contribution in [0.1, 0.15) is 26.2 Å². The zero-order chi connectivity index (χ0) is 7.40. The zero-order valence-electron chi connectivity index (χ0n) is 6.55. The molecule has 0 radical (unpaired) electrons. The Balaban J connectivity index is 1.83. The molecule has 0 amide bonds. The topological polar surface area (TPSA) is 29.5 Å². The summed E-state index contributed by atoms with van der Waals surface area (Å²) in [6.45, 7) is 3.34. The first kappa shape index (κ1) is 8.02. The lowest BCUT2D eigenvalue weighted by Crippen LogP contribution is -2.14. The fourth-order valence-corrected chi connectivity index (χ4v) is 0.773. The van der Waals surface area contributed by atoms with Crippen LogP contribution in [0.5, 0.6) is 0 Å². The maximum Gasteiger partial charge on any atom is 0.0771 e. The van der Waals surface area contributed by atoms with Crippen LogP contribution in [0.15, 0.2) is 0 Å². The van der Waals surface area contributed by atoms with Crippen molar-refractivity contribution in [2.75, 3.05) is 13.2 Å². The molecule has 1 N–H and O–H groups in total. The summed E-state index contributed by atoms with van der Waals surface area (Å²) >= 11 is 0. The molecule has 0 bridgehead atoms. The molecule has 1 aliphatic rings. The Morgan fingerprint density at radius 3 is 2.80 bits per heavy atom. The van der Waals surface area contributed by atoms with Gasteiger partial charge in [-0.3, -0.25) is 0 Å². The fourth-order valence-electron chi connectivity index (χ4n) is 0.773. The Kier molecular flexibility index (Phi) is 3.16. The van der Waals surface area contributed by atoms with E-state index in [9.17, 15) is 0 Å². The predicted molar refractivity (Wildman–Crippen MR) is 39.8 cm³/mol. The molecule has 10 heavy (non-hydrogen) atoms. The predicted octanol–water partition coefficient (Wildman–Crippen LogP) is 1.18. The molecule has 1 saturated carbocycles. The molecule has 0 heterocycles. The molecule has 2 nitrogen and oxygen atoms in total. The quantitative estimate of drug-likeness (QED) is 0.628. The number of hydrogen-bond donors (Lipinski definition) is 1. The van der Waals surface area contributed by atoms with E-state index in [1.165, 1.54) is 12.8 Å².